The lowest BCUT2D eigenvalue weighted by molar-refractivity contribution is -0.385. The quantitative estimate of drug-likeness (QED) is 0.425. The second-order valence-electron chi connectivity index (χ2n) is 4.38. The Morgan fingerprint density at radius 3 is 2.55 bits per heavy atom. The minimum absolute atomic E-state index is 0.0581. The first kappa shape index (κ1) is 16.1. The third-order valence-electron chi connectivity index (χ3n) is 2.66. The van der Waals surface area contributed by atoms with E-state index < -0.39 is 4.92 Å². The Hall–Kier alpha value is -1.92. The molecule has 1 heterocycles. The molecule has 0 atom stereocenters. The largest absolute Gasteiger partial charge is 0.473 e. The van der Waals surface area contributed by atoms with E-state index in [4.69, 9.17) is 4.74 Å². The predicted octanol–water partition coefficient (Wildman–Crippen LogP) is 2.95. The van der Waals surface area contributed by atoms with Crippen LogP contribution in [-0.2, 0) is 6.42 Å². The van der Waals surface area contributed by atoms with Gasteiger partial charge >= 0.3 is 5.69 Å². The highest BCUT2D eigenvalue weighted by molar-refractivity contribution is 5.61. The molecular weight excluding hydrogens is 260 g/mol. The summed E-state index contributed by atoms with van der Waals surface area (Å²) in [6, 6.07) is 0. The van der Waals surface area contributed by atoms with E-state index in [9.17, 15) is 10.1 Å². The molecule has 0 aromatic carbocycles. The Bertz CT molecular complexity index is 451. The molecule has 112 valence electrons. The third kappa shape index (κ3) is 4.32. The molecule has 1 N–H and O–H groups in total. The lowest BCUT2D eigenvalue weighted by Gasteiger charge is -2.10. The van der Waals surface area contributed by atoms with Crippen molar-refractivity contribution in [2.24, 2.45) is 0 Å². The van der Waals surface area contributed by atoms with Crippen LogP contribution in [0, 0.1) is 10.1 Å². The zero-order chi connectivity index (χ0) is 15.0. The van der Waals surface area contributed by atoms with Crippen molar-refractivity contribution in [1.82, 2.24) is 9.97 Å². The number of aromatic nitrogens is 2. The average Bonchev–Trinajstić information content (AvgIpc) is 2.44. The Balaban J connectivity index is 3.12. The van der Waals surface area contributed by atoms with Gasteiger partial charge in [0, 0.05) is 13.0 Å². The molecule has 0 bridgehead atoms. The van der Waals surface area contributed by atoms with Gasteiger partial charge in [0.2, 0.25) is 5.82 Å². The first-order valence-electron chi connectivity index (χ1n) is 7.05. The van der Waals surface area contributed by atoms with Crippen molar-refractivity contribution in [2.75, 3.05) is 18.5 Å². The molecule has 7 heteroatoms. The standard InChI is InChI=1S/C13H22N4O3/c1-4-7-8-14-12-11(17(18)19)13(20-9-5-2)16-10(6-3)15-12/h4-9H2,1-3H3,(H,14,15,16). The molecule has 0 aliphatic heterocycles. The summed E-state index contributed by atoms with van der Waals surface area (Å²) in [4.78, 5) is 19.1. The van der Waals surface area contributed by atoms with E-state index in [-0.39, 0.29) is 17.4 Å². The van der Waals surface area contributed by atoms with Crippen LogP contribution in [0.2, 0.25) is 0 Å². The molecule has 0 aliphatic rings. The number of hydrogen-bond acceptors (Lipinski definition) is 6. The first-order chi connectivity index (χ1) is 9.63. The van der Waals surface area contributed by atoms with Crippen molar-refractivity contribution >= 4 is 11.5 Å². The topological polar surface area (TPSA) is 90.2 Å². The maximum absolute atomic E-state index is 11.2. The van der Waals surface area contributed by atoms with Gasteiger partial charge < -0.3 is 10.1 Å². The summed E-state index contributed by atoms with van der Waals surface area (Å²) in [6.45, 7) is 6.94. The summed E-state index contributed by atoms with van der Waals surface area (Å²) in [5.41, 5.74) is -0.174. The molecule has 0 amide bonds. The van der Waals surface area contributed by atoms with E-state index in [1.54, 1.807) is 0 Å². The van der Waals surface area contributed by atoms with Crippen molar-refractivity contribution in [3.05, 3.63) is 15.9 Å². The van der Waals surface area contributed by atoms with Gasteiger partial charge in [-0.15, -0.1) is 0 Å². The van der Waals surface area contributed by atoms with E-state index in [1.165, 1.54) is 0 Å². The number of nitrogens with one attached hydrogen (secondary N) is 1. The van der Waals surface area contributed by atoms with E-state index in [1.807, 2.05) is 13.8 Å². The molecule has 0 unspecified atom stereocenters. The van der Waals surface area contributed by atoms with Crippen LogP contribution < -0.4 is 10.1 Å². The van der Waals surface area contributed by atoms with Crippen LogP contribution in [0.4, 0.5) is 11.5 Å². The SMILES string of the molecule is CCCCNc1nc(CC)nc(OCCC)c1[N+](=O)[O-]. The number of nitrogens with zero attached hydrogens (tertiary/aromatic N) is 3. The number of aryl methyl sites for hydroxylation is 1. The summed E-state index contributed by atoms with van der Waals surface area (Å²) < 4.78 is 5.40. The van der Waals surface area contributed by atoms with E-state index in [0.29, 0.717) is 25.4 Å². The fourth-order valence-corrected chi connectivity index (χ4v) is 1.61. The van der Waals surface area contributed by atoms with Crippen LogP contribution in [0.5, 0.6) is 5.88 Å². The zero-order valence-corrected chi connectivity index (χ0v) is 12.3. The van der Waals surface area contributed by atoms with Gasteiger partial charge in [-0.3, -0.25) is 10.1 Å². The molecule has 0 saturated carbocycles. The monoisotopic (exact) mass is 282 g/mol. The summed E-state index contributed by atoms with van der Waals surface area (Å²) >= 11 is 0. The molecule has 1 aromatic rings. The minimum atomic E-state index is -0.487. The van der Waals surface area contributed by atoms with Gasteiger partial charge in [-0.05, 0) is 12.8 Å². The van der Waals surface area contributed by atoms with Crippen molar-refractivity contribution in [3.8, 4) is 5.88 Å². The highest BCUT2D eigenvalue weighted by atomic mass is 16.6. The zero-order valence-electron chi connectivity index (χ0n) is 12.3. The summed E-state index contributed by atoms with van der Waals surface area (Å²) in [5.74, 6) is 0.852. The second kappa shape index (κ2) is 8.29. The molecule has 20 heavy (non-hydrogen) atoms. The van der Waals surface area contributed by atoms with Gasteiger partial charge in [-0.2, -0.15) is 4.98 Å². The molecule has 0 aliphatic carbocycles. The minimum Gasteiger partial charge on any atom is -0.473 e. The van der Waals surface area contributed by atoms with Crippen LogP contribution in [0.1, 0.15) is 45.9 Å². The highest BCUT2D eigenvalue weighted by Gasteiger charge is 2.25. The van der Waals surface area contributed by atoms with Crippen LogP contribution in [-0.4, -0.2) is 28.0 Å². The normalized spacial score (nSPS) is 10.3. The number of hydrogen-bond donors (Lipinski definition) is 1. The van der Waals surface area contributed by atoms with Crippen molar-refractivity contribution < 1.29 is 9.66 Å². The molecule has 1 rings (SSSR count). The van der Waals surface area contributed by atoms with E-state index in [2.05, 4.69) is 22.2 Å². The summed E-state index contributed by atoms with van der Waals surface area (Å²) in [5, 5.41) is 14.3. The Morgan fingerprint density at radius 1 is 1.25 bits per heavy atom. The van der Waals surface area contributed by atoms with Gasteiger partial charge in [0.15, 0.2) is 0 Å². The van der Waals surface area contributed by atoms with Crippen molar-refractivity contribution in [1.29, 1.82) is 0 Å². The van der Waals surface area contributed by atoms with Gasteiger partial charge in [0.1, 0.15) is 5.82 Å². The molecule has 0 radical (unpaired) electrons. The second-order valence-corrected chi connectivity index (χ2v) is 4.38. The summed E-state index contributed by atoms with van der Waals surface area (Å²) in [7, 11) is 0. The number of rotatable bonds is 9. The van der Waals surface area contributed by atoms with Gasteiger partial charge in [0.25, 0.3) is 5.88 Å². The number of unbranched alkanes of at least 4 members (excludes halogenated alkanes) is 1. The maximum Gasteiger partial charge on any atom is 0.372 e. The number of nitro groups is 1. The van der Waals surface area contributed by atoms with E-state index in [0.717, 1.165) is 19.3 Å². The van der Waals surface area contributed by atoms with Crippen LogP contribution >= 0.6 is 0 Å². The maximum atomic E-state index is 11.2. The Morgan fingerprint density at radius 2 is 2.00 bits per heavy atom. The van der Waals surface area contributed by atoms with Crippen molar-refractivity contribution in [3.63, 3.8) is 0 Å². The van der Waals surface area contributed by atoms with Crippen LogP contribution in [0.15, 0.2) is 0 Å². The molecule has 1 aromatic heterocycles. The number of anilines is 1. The van der Waals surface area contributed by atoms with Crippen LogP contribution in [0.3, 0.4) is 0 Å². The number of ether oxygens (including phenoxy) is 1. The fourth-order valence-electron chi connectivity index (χ4n) is 1.61. The fraction of sp³-hybridized carbons (Fsp3) is 0.692. The van der Waals surface area contributed by atoms with Crippen LogP contribution in [0.25, 0.3) is 0 Å². The molecular formula is C13H22N4O3. The summed E-state index contributed by atoms with van der Waals surface area (Å²) in [6.07, 6.45) is 3.30. The highest BCUT2D eigenvalue weighted by Crippen LogP contribution is 2.32. The van der Waals surface area contributed by atoms with Crippen molar-refractivity contribution in [2.45, 2.75) is 46.5 Å². The molecule has 0 fully saturated rings. The lowest BCUT2D eigenvalue weighted by Crippen LogP contribution is -2.11. The Kier molecular flexibility index (Phi) is 6.69. The van der Waals surface area contributed by atoms with Gasteiger partial charge in [-0.1, -0.05) is 27.2 Å². The smallest absolute Gasteiger partial charge is 0.372 e. The molecule has 7 nitrogen and oxygen atoms in total. The first-order valence-corrected chi connectivity index (χ1v) is 7.05. The third-order valence-corrected chi connectivity index (χ3v) is 2.66. The van der Waals surface area contributed by atoms with Gasteiger partial charge in [-0.25, -0.2) is 4.98 Å². The predicted molar refractivity (Wildman–Crippen MR) is 77.2 cm³/mol. The lowest BCUT2D eigenvalue weighted by atomic mass is 10.3. The van der Waals surface area contributed by atoms with Gasteiger partial charge in [0.05, 0.1) is 11.5 Å². The molecule has 0 spiro atoms. The average molecular weight is 282 g/mol. The molecule has 0 saturated heterocycles. The Labute approximate surface area is 118 Å². The van der Waals surface area contributed by atoms with E-state index >= 15 is 0 Å².